The highest BCUT2D eigenvalue weighted by molar-refractivity contribution is 6.30. The summed E-state index contributed by atoms with van der Waals surface area (Å²) in [5.41, 5.74) is 8.82. The number of amides is 1. The molecule has 1 aromatic heterocycles. The number of anilines is 4. The molecule has 0 radical (unpaired) electrons. The Morgan fingerprint density at radius 2 is 1.87 bits per heavy atom. The van der Waals surface area contributed by atoms with Crippen molar-refractivity contribution < 1.29 is 4.79 Å². The number of hydrogen-bond acceptors (Lipinski definition) is 8. The Labute approximate surface area is 230 Å². The molecule has 1 aliphatic heterocycles. The molecule has 1 fully saturated rings. The van der Waals surface area contributed by atoms with Gasteiger partial charge in [-0.2, -0.15) is 15.0 Å². The van der Waals surface area contributed by atoms with E-state index in [0.717, 1.165) is 48.9 Å². The van der Waals surface area contributed by atoms with Gasteiger partial charge >= 0.3 is 0 Å². The molecule has 1 aliphatic rings. The van der Waals surface area contributed by atoms with Crippen molar-refractivity contribution in [2.24, 2.45) is 11.7 Å². The Bertz CT molecular complexity index is 1230. The van der Waals surface area contributed by atoms with Gasteiger partial charge in [0.1, 0.15) is 0 Å². The topological polar surface area (TPSA) is 112 Å². The fourth-order valence-corrected chi connectivity index (χ4v) is 4.57. The van der Waals surface area contributed by atoms with Crippen molar-refractivity contribution in [1.29, 1.82) is 0 Å². The van der Waals surface area contributed by atoms with Crippen LogP contribution in [0.3, 0.4) is 0 Å². The lowest BCUT2D eigenvalue weighted by Crippen LogP contribution is -2.28. The molecule has 2 aromatic carbocycles. The van der Waals surface area contributed by atoms with Gasteiger partial charge in [0.25, 0.3) is 0 Å². The van der Waals surface area contributed by atoms with Crippen molar-refractivity contribution in [3.8, 4) is 0 Å². The van der Waals surface area contributed by atoms with Gasteiger partial charge in [0.05, 0.1) is 0 Å². The summed E-state index contributed by atoms with van der Waals surface area (Å²) in [6, 6.07) is 13.5. The number of carbonyl (C=O) groups excluding carboxylic acids is 1. The van der Waals surface area contributed by atoms with E-state index in [1.807, 2.05) is 37.1 Å². The fraction of sp³-hybridized carbons (Fsp3) is 0.429. The summed E-state index contributed by atoms with van der Waals surface area (Å²) < 4.78 is 0. The molecule has 4 rings (SSSR count). The van der Waals surface area contributed by atoms with Crippen LogP contribution >= 0.6 is 11.6 Å². The number of rotatable bonds is 10. The highest BCUT2D eigenvalue weighted by atomic mass is 35.5. The quantitative estimate of drug-likeness (QED) is 0.327. The molecule has 3 aromatic rings. The summed E-state index contributed by atoms with van der Waals surface area (Å²) in [7, 11) is 1.98. The molecule has 10 heteroatoms. The molecule has 0 bridgehead atoms. The molecular formula is C28H39ClN8O. The molecule has 2 heterocycles. The van der Waals surface area contributed by atoms with Gasteiger partial charge in [-0.05, 0) is 54.7 Å². The average Bonchev–Trinajstić information content (AvgIpc) is 3.27. The molecule has 204 valence electrons. The maximum Gasteiger partial charge on any atom is 0.248 e. The number of carbonyl (C=O) groups is 1. The van der Waals surface area contributed by atoms with E-state index in [-0.39, 0.29) is 13.5 Å². The van der Waals surface area contributed by atoms with E-state index in [4.69, 9.17) is 22.3 Å². The fourth-order valence-electron chi connectivity index (χ4n) is 4.44. The summed E-state index contributed by atoms with van der Waals surface area (Å²) in [6.45, 7) is 9.80. The van der Waals surface area contributed by atoms with Gasteiger partial charge in [-0.3, -0.25) is 9.69 Å². The zero-order valence-corrected chi connectivity index (χ0v) is 22.6. The monoisotopic (exact) mass is 538 g/mol. The van der Waals surface area contributed by atoms with Gasteiger partial charge in [0.2, 0.25) is 23.8 Å². The van der Waals surface area contributed by atoms with Crippen molar-refractivity contribution in [1.82, 2.24) is 19.9 Å². The van der Waals surface area contributed by atoms with E-state index in [9.17, 15) is 4.79 Å². The Balaban J connectivity index is 0.00000400. The SMILES string of the molecule is C.Cc1ccc(C(N)=O)cc1Nc1nc(N[C@H]2CCN(Cc3ccc(Cl)cc3)C2)nc(N(C)CC(C)C)n1. The van der Waals surface area contributed by atoms with Crippen LogP contribution < -0.4 is 21.3 Å². The van der Waals surface area contributed by atoms with Gasteiger partial charge in [-0.15, -0.1) is 0 Å². The molecule has 1 atom stereocenters. The number of halogens is 1. The third kappa shape index (κ3) is 7.79. The summed E-state index contributed by atoms with van der Waals surface area (Å²) in [4.78, 5) is 30.2. The minimum atomic E-state index is -0.484. The molecule has 0 spiro atoms. The van der Waals surface area contributed by atoms with Crippen LogP contribution in [0.15, 0.2) is 42.5 Å². The van der Waals surface area contributed by atoms with Crippen molar-refractivity contribution >= 4 is 41.0 Å². The highest BCUT2D eigenvalue weighted by Crippen LogP contribution is 2.24. The van der Waals surface area contributed by atoms with Gasteiger partial charge in [-0.1, -0.05) is 51.1 Å². The second-order valence-corrected chi connectivity index (χ2v) is 10.5. The lowest BCUT2D eigenvalue weighted by atomic mass is 10.1. The van der Waals surface area contributed by atoms with Crippen LogP contribution in [-0.4, -0.2) is 58.5 Å². The Hall–Kier alpha value is -3.43. The molecule has 0 saturated carbocycles. The molecule has 9 nitrogen and oxygen atoms in total. The third-order valence-corrected chi connectivity index (χ3v) is 6.55. The molecule has 0 aliphatic carbocycles. The number of nitrogens with one attached hydrogen (secondary N) is 2. The zero-order chi connectivity index (χ0) is 26.5. The first-order valence-corrected chi connectivity index (χ1v) is 12.9. The molecular weight excluding hydrogens is 500 g/mol. The maximum absolute atomic E-state index is 11.7. The Kier molecular flexibility index (Phi) is 9.88. The predicted octanol–water partition coefficient (Wildman–Crippen LogP) is 5.09. The minimum absolute atomic E-state index is 0. The van der Waals surface area contributed by atoms with Gasteiger partial charge in [0, 0.05) is 55.5 Å². The van der Waals surface area contributed by atoms with Crippen LogP contribution in [0.4, 0.5) is 23.5 Å². The number of aryl methyl sites for hydroxylation is 1. The number of primary amides is 1. The Morgan fingerprint density at radius 3 is 2.55 bits per heavy atom. The van der Waals surface area contributed by atoms with Gasteiger partial charge < -0.3 is 21.3 Å². The number of likely N-dealkylation sites (tertiary alicyclic amines) is 1. The number of hydrogen-bond donors (Lipinski definition) is 3. The van der Waals surface area contributed by atoms with E-state index < -0.39 is 5.91 Å². The first-order valence-electron chi connectivity index (χ1n) is 12.5. The lowest BCUT2D eigenvalue weighted by molar-refractivity contribution is 0.100. The van der Waals surface area contributed by atoms with Crippen LogP contribution in [0, 0.1) is 12.8 Å². The first kappa shape index (κ1) is 29.1. The van der Waals surface area contributed by atoms with Crippen molar-refractivity contribution in [3.05, 3.63) is 64.2 Å². The lowest BCUT2D eigenvalue weighted by Gasteiger charge is -2.22. The minimum Gasteiger partial charge on any atom is -0.366 e. The largest absolute Gasteiger partial charge is 0.366 e. The summed E-state index contributed by atoms with van der Waals surface area (Å²) in [6.07, 6.45) is 0.985. The van der Waals surface area contributed by atoms with E-state index >= 15 is 0 Å². The van der Waals surface area contributed by atoms with Crippen LogP contribution in [0.25, 0.3) is 0 Å². The van der Waals surface area contributed by atoms with Crippen LogP contribution in [0.1, 0.15) is 49.2 Å². The van der Waals surface area contributed by atoms with Crippen LogP contribution in [-0.2, 0) is 6.54 Å². The molecule has 38 heavy (non-hydrogen) atoms. The van der Waals surface area contributed by atoms with Gasteiger partial charge in [0.15, 0.2) is 0 Å². The van der Waals surface area contributed by atoms with Gasteiger partial charge in [-0.25, -0.2) is 0 Å². The highest BCUT2D eigenvalue weighted by Gasteiger charge is 2.24. The normalized spacial score (nSPS) is 15.3. The predicted molar refractivity (Wildman–Crippen MR) is 156 cm³/mol. The number of aromatic nitrogens is 3. The molecule has 1 saturated heterocycles. The maximum atomic E-state index is 11.7. The summed E-state index contributed by atoms with van der Waals surface area (Å²) in [5.74, 6) is 1.46. The number of nitrogens with two attached hydrogens (primary N) is 1. The molecule has 0 unspecified atom stereocenters. The van der Waals surface area contributed by atoms with Crippen molar-refractivity contribution in [3.63, 3.8) is 0 Å². The van der Waals surface area contributed by atoms with Crippen molar-refractivity contribution in [2.45, 2.75) is 47.2 Å². The zero-order valence-electron chi connectivity index (χ0n) is 21.8. The second kappa shape index (κ2) is 12.9. The van der Waals surface area contributed by atoms with Crippen LogP contribution in [0.5, 0.6) is 0 Å². The summed E-state index contributed by atoms with van der Waals surface area (Å²) in [5, 5.41) is 7.54. The number of benzene rings is 2. The van der Waals surface area contributed by atoms with E-state index in [2.05, 4.69) is 51.5 Å². The summed E-state index contributed by atoms with van der Waals surface area (Å²) >= 11 is 6.03. The molecule has 1 amide bonds. The van der Waals surface area contributed by atoms with Crippen molar-refractivity contribution in [2.75, 3.05) is 42.2 Å². The first-order chi connectivity index (χ1) is 17.7. The van der Waals surface area contributed by atoms with E-state index in [1.165, 1.54) is 5.56 Å². The third-order valence-electron chi connectivity index (χ3n) is 6.30. The van der Waals surface area contributed by atoms with E-state index in [0.29, 0.717) is 29.3 Å². The smallest absolute Gasteiger partial charge is 0.248 e. The Morgan fingerprint density at radius 1 is 1.16 bits per heavy atom. The number of nitrogens with zero attached hydrogens (tertiary/aromatic N) is 5. The average molecular weight is 539 g/mol. The second-order valence-electron chi connectivity index (χ2n) is 10.1. The van der Waals surface area contributed by atoms with Crippen LogP contribution in [0.2, 0.25) is 5.02 Å². The van der Waals surface area contributed by atoms with E-state index in [1.54, 1.807) is 12.1 Å². The molecule has 4 N–H and O–H groups in total. The standard InChI is InChI=1S/C27H35ClN8O.CH4/c1-17(2)14-35(4)27-33-25(30-22-11-12-36(16-22)15-19-6-9-21(28)10-7-19)32-26(34-27)31-23-13-20(24(29)37)8-5-18(23)3;/h5-10,13,17,22H,11-12,14-16H2,1-4H3,(H2,29,37)(H2,30,31,32,33,34);1H4/t22-;/m0./s1.